The van der Waals surface area contributed by atoms with E-state index in [1.807, 2.05) is 6.07 Å². The van der Waals surface area contributed by atoms with Crippen molar-refractivity contribution in [3.05, 3.63) is 70.5 Å². The molecule has 0 unspecified atom stereocenters. The van der Waals surface area contributed by atoms with Crippen LogP contribution in [0.3, 0.4) is 0 Å². The van der Waals surface area contributed by atoms with E-state index in [1.54, 1.807) is 30.3 Å². The Labute approximate surface area is 159 Å². The summed E-state index contributed by atoms with van der Waals surface area (Å²) in [5, 5.41) is 0.293. The lowest BCUT2D eigenvalue weighted by molar-refractivity contribution is -0.146. The molecule has 1 aliphatic rings. The van der Waals surface area contributed by atoms with E-state index < -0.39 is 29.3 Å². The van der Waals surface area contributed by atoms with Gasteiger partial charge in [-0.2, -0.15) is 0 Å². The van der Waals surface area contributed by atoms with Crippen molar-refractivity contribution >= 4 is 41.0 Å². The van der Waals surface area contributed by atoms with E-state index in [0.717, 1.165) is 16.7 Å². The van der Waals surface area contributed by atoms with Gasteiger partial charge in [-0.3, -0.25) is 19.3 Å². The molecule has 134 valence electrons. The van der Waals surface area contributed by atoms with Gasteiger partial charge in [0.25, 0.3) is 5.91 Å². The number of carbonyl (C=O) groups is 3. The highest BCUT2D eigenvalue weighted by Gasteiger charge is 2.42. The second-order valence-electron chi connectivity index (χ2n) is 5.83. The van der Waals surface area contributed by atoms with Crippen LogP contribution < -0.4 is 0 Å². The molecule has 0 aromatic heterocycles. The molecule has 1 heterocycles. The highest BCUT2D eigenvalue weighted by Crippen LogP contribution is 2.27. The first-order valence-corrected chi connectivity index (χ1v) is 9.46. The second-order valence-corrected chi connectivity index (χ2v) is 7.22. The van der Waals surface area contributed by atoms with E-state index >= 15 is 0 Å². The molecule has 0 N–H and O–H groups in total. The minimum Gasteiger partial charge on any atom is -0.288 e. The van der Waals surface area contributed by atoms with E-state index in [9.17, 15) is 18.8 Å². The van der Waals surface area contributed by atoms with Crippen LogP contribution in [-0.4, -0.2) is 34.8 Å². The summed E-state index contributed by atoms with van der Waals surface area (Å²) in [5.74, 6) is -2.72. The Morgan fingerprint density at radius 1 is 1.15 bits per heavy atom. The van der Waals surface area contributed by atoms with E-state index in [2.05, 4.69) is 0 Å². The Balaban J connectivity index is 1.62. The Morgan fingerprint density at radius 2 is 1.88 bits per heavy atom. The van der Waals surface area contributed by atoms with Crippen LogP contribution in [0.1, 0.15) is 17.0 Å². The van der Waals surface area contributed by atoms with Gasteiger partial charge in [0, 0.05) is 22.9 Å². The van der Waals surface area contributed by atoms with Gasteiger partial charge in [0.15, 0.2) is 0 Å². The summed E-state index contributed by atoms with van der Waals surface area (Å²) in [4.78, 5) is 37.7. The molecule has 1 aliphatic heterocycles. The molecule has 7 heteroatoms. The van der Waals surface area contributed by atoms with Crippen molar-refractivity contribution in [3.63, 3.8) is 0 Å². The molecule has 0 spiro atoms. The van der Waals surface area contributed by atoms with Crippen molar-refractivity contribution in [2.75, 3.05) is 12.3 Å². The molecular weight excluding hydrogens is 377 g/mol. The first-order valence-electron chi connectivity index (χ1n) is 7.93. The first kappa shape index (κ1) is 18.6. The van der Waals surface area contributed by atoms with E-state index in [1.165, 1.54) is 12.1 Å². The van der Waals surface area contributed by atoms with Crippen molar-refractivity contribution in [3.8, 4) is 0 Å². The summed E-state index contributed by atoms with van der Waals surface area (Å²) >= 11 is 7.10. The normalized spacial score (nSPS) is 17.0. The number of likely N-dealkylation sites (tertiary alicyclic amines) is 1. The Hall–Kier alpha value is -2.18. The molecular formula is C19H15ClFNO3S. The molecule has 0 aliphatic carbocycles. The number of imide groups is 1. The molecule has 1 fully saturated rings. The van der Waals surface area contributed by atoms with Crippen LogP contribution in [-0.2, 0) is 20.1 Å². The summed E-state index contributed by atoms with van der Waals surface area (Å²) in [6.45, 7) is 0.0432. The molecule has 1 atom stereocenters. The molecule has 1 saturated heterocycles. The number of halogens is 2. The van der Waals surface area contributed by atoms with Gasteiger partial charge >= 0.3 is 0 Å². The molecule has 26 heavy (non-hydrogen) atoms. The van der Waals surface area contributed by atoms with Crippen molar-refractivity contribution in [2.45, 2.75) is 11.7 Å². The zero-order chi connectivity index (χ0) is 18.7. The minimum absolute atomic E-state index is 0.0365. The summed E-state index contributed by atoms with van der Waals surface area (Å²) in [5.41, 5.74) is 1.03. The summed E-state index contributed by atoms with van der Waals surface area (Å²) < 4.78 is 13.7. The number of ketones is 1. The topological polar surface area (TPSA) is 54.5 Å². The summed E-state index contributed by atoms with van der Waals surface area (Å²) in [6, 6.07) is 13.3. The second kappa shape index (κ2) is 8.01. The van der Waals surface area contributed by atoms with Gasteiger partial charge in [-0.25, -0.2) is 4.39 Å². The van der Waals surface area contributed by atoms with Crippen molar-refractivity contribution < 1.29 is 18.8 Å². The van der Waals surface area contributed by atoms with Crippen molar-refractivity contribution in [1.29, 1.82) is 0 Å². The van der Waals surface area contributed by atoms with Gasteiger partial charge in [-0.05, 0) is 17.7 Å². The van der Waals surface area contributed by atoms with Crippen LogP contribution in [0.2, 0.25) is 5.02 Å². The van der Waals surface area contributed by atoms with Crippen LogP contribution in [0.4, 0.5) is 4.39 Å². The fourth-order valence-corrected chi connectivity index (χ4v) is 4.02. The number of hydrogen-bond donors (Lipinski definition) is 0. The van der Waals surface area contributed by atoms with Gasteiger partial charge in [0.1, 0.15) is 5.82 Å². The smallest absolute Gasteiger partial charge is 0.288 e. The van der Waals surface area contributed by atoms with Gasteiger partial charge in [-0.1, -0.05) is 48.0 Å². The number of amides is 2. The van der Waals surface area contributed by atoms with Crippen LogP contribution >= 0.6 is 23.4 Å². The third-order valence-electron chi connectivity index (χ3n) is 4.17. The Kier molecular flexibility index (Phi) is 5.74. The largest absolute Gasteiger partial charge is 0.297 e. The van der Waals surface area contributed by atoms with Crippen LogP contribution in [0.5, 0.6) is 0 Å². The van der Waals surface area contributed by atoms with E-state index in [-0.39, 0.29) is 18.1 Å². The lowest BCUT2D eigenvalue weighted by atomic mass is 9.97. The minimum atomic E-state index is -0.784. The number of thioether (sulfide) groups is 1. The standard InChI is InChI=1S/C19H15ClFNO3S/c20-15-7-4-8-16(21)14(15)10-26-11-17(23)22-9-13(18(24)19(22)25)12-5-2-1-3-6-12/h1-8,13H,9-11H2/t13-/m1/s1. The van der Waals surface area contributed by atoms with Crippen molar-refractivity contribution in [1.82, 2.24) is 4.90 Å². The molecule has 4 nitrogen and oxygen atoms in total. The molecule has 3 rings (SSSR count). The lowest BCUT2D eigenvalue weighted by Crippen LogP contribution is -2.35. The summed E-state index contributed by atoms with van der Waals surface area (Å²) in [7, 11) is 0. The molecule has 0 bridgehead atoms. The molecule has 2 aromatic rings. The molecule has 0 saturated carbocycles. The van der Waals surface area contributed by atoms with Crippen LogP contribution in [0.15, 0.2) is 48.5 Å². The zero-order valence-electron chi connectivity index (χ0n) is 13.7. The monoisotopic (exact) mass is 391 g/mol. The number of rotatable bonds is 5. The zero-order valence-corrected chi connectivity index (χ0v) is 15.2. The van der Waals surface area contributed by atoms with Gasteiger partial charge < -0.3 is 0 Å². The molecule has 0 radical (unpaired) electrons. The predicted octanol–water partition coefficient (Wildman–Crippen LogP) is 3.43. The third-order valence-corrected chi connectivity index (χ3v) is 5.47. The van der Waals surface area contributed by atoms with Gasteiger partial charge in [0.2, 0.25) is 11.7 Å². The maximum absolute atomic E-state index is 13.7. The maximum Gasteiger partial charge on any atom is 0.297 e. The molecule has 2 amide bonds. The number of nitrogens with zero attached hydrogens (tertiary/aromatic N) is 1. The number of hydrogen-bond acceptors (Lipinski definition) is 4. The van der Waals surface area contributed by atoms with Gasteiger partial charge in [0.05, 0.1) is 11.7 Å². The fraction of sp³-hybridized carbons (Fsp3) is 0.211. The average Bonchev–Trinajstić information content (AvgIpc) is 2.94. The average molecular weight is 392 g/mol. The van der Waals surface area contributed by atoms with E-state index in [0.29, 0.717) is 16.1 Å². The number of carbonyl (C=O) groups excluding carboxylic acids is 3. The highest BCUT2D eigenvalue weighted by molar-refractivity contribution is 7.99. The SMILES string of the molecule is O=C1C(=O)N(C(=O)CSCc2c(F)cccc2Cl)C[C@@H]1c1ccccc1. The summed E-state index contributed by atoms with van der Waals surface area (Å²) in [6.07, 6.45) is 0. The van der Waals surface area contributed by atoms with Crippen LogP contribution in [0.25, 0.3) is 0 Å². The lowest BCUT2D eigenvalue weighted by Gasteiger charge is -2.14. The Bertz CT molecular complexity index is 839. The van der Waals surface area contributed by atoms with Gasteiger partial charge in [-0.15, -0.1) is 11.8 Å². The van der Waals surface area contributed by atoms with Crippen molar-refractivity contribution in [2.24, 2.45) is 0 Å². The number of benzene rings is 2. The third kappa shape index (κ3) is 3.81. The van der Waals surface area contributed by atoms with E-state index in [4.69, 9.17) is 11.6 Å². The van der Waals surface area contributed by atoms with Crippen LogP contribution in [0, 0.1) is 5.82 Å². The fourth-order valence-electron chi connectivity index (χ4n) is 2.78. The maximum atomic E-state index is 13.7. The predicted molar refractivity (Wildman–Crippen MR) is 98.5 cm³/mol. The molecule has 2 aromatic carbocycles. The number of Topliss-reactive ketones (excluding diaryl/α,β-unsaturated/α-hetero) is 1. The highest BCUT2D eigenvalue weighted by atomic mass is 35.5. The Morgan fingerprint density at radius 3 is 2.58 bits per heavy atom. The first-order chi connectivity index (χ1) is 12.5. The quantitative estimate of drug-likeness (QED) is 0.733.